The van der Waals surface area contributed by atoms with Gasteiger partial charge in [-0.05, 0) is 33.3 Å². The highest BCUT2D eigenvalue weighted by Gasteiger charge is 1.98. The van der Waals surface area contributed by atoms with Crippen molar-refractivity contribution >= 4 is 6.72 Å². The van der Waals surface area contributed by atoms with Crippen LogP contribution >= 0.6 is 0 Å². The van der Waals surface area contributed by atoms with Crippen LogP contribution in [0.25, 0.3) is 0 Å². The van der Waals surface area contributed by atoms with Crippen LogP contribution in [0.5, 0.6) is 0 Å². The van der Waals surface area contributed by atoms with Gasteiger partial charge in [-0.15, -0.1) is 0 Å². The Morgan fingerprint density at radius 3 is 2.42 bits per heavy atom. The van der Waals surface area contributed by atoms with E-state index in [2.05, 4.69) is 23.2 Å². The molecule has 0 rings (SSSR count). The number of rotatable bonds is 5. The molecule has 0 atom stereocenters. The van der Waals surface area contributed by atoms with Gasteiger partial charge in [-0.1, -0.05) is 12.7 Å². The minimum Gasteiger partial charge on any atom is -0.309 e. The summed E-state index contributed by atoms with van der Waals surface area (Å²) in [6.07, 6.45) is 2.76. The van der Waals surface area contributed by atoms with E-state index in [9.17, 15) is 0 Å². The second kappa shape index (κ2) is 5.72. The van der Waals surface area contributed by atoms with Crippen molar-refractivity contribution in [1.82, 2.24) is 4.90 Å². The smallest absolute Gasteiger partial charge is 0.0438 e. The molecule has 0 aromatic rings. The summed E-state index contributed by atoms with van der Waals surface area (Å²) in [6, 6.07) is 0. The van der Waals surface area contributed by atoms with Gasteiger partial charge in [-0.3, -0.25) is 4.99 Å². The maximum Gasteiger partial charge on any atom is 0.0438 e. The van der Waals surface area contributed by atoms with Gasteiger partial charge in [0.25, 0.3) is 0 Å². The van der Waals surface area contributed by atoms with Crippen molar-refractivity contribution in [2.45, 2.75) is 13.3 Å². The normalized spacial score (nSPS) is 12.7. The van der Waals surface area contributed by atoms with Gasteiger partial charge in [0.15, 0.2) is 0 Å². The zero-order chi connectivity index (χ0) is 9.56. The van der Waals surface area contributed by atoms with Crippen LogP contribution in [0.1, 0.15) is 13.3 Å². The van der Waals surface area contributed by atoms with Crippen LogP contribution in [0.2, 0.25) is 0 Å². The van der Waals surface area contributed by atoms with Crippen molar-refractivity contribution < 1.29 is 0 Å². The highest BCUT2D eigenvalue weighted by atomic mass is 15.0. The lowest BCUT2D eigenvalue weighted by molar-refractivity contribution is 0.412. The lowest BCUT2D eigenvalue weighted by atomic mass is 10.2. The molecule has 0 heterocycles. The van der Waals surface area contributed by atoms with E-state index in [1.807, 2.05) is 27.1 Å². The van der Waals surface area contributed by atoms with Crippen molar-refractivity contribution in [3.63, 3.8) is 0 Å². The Bertz CT molecular complexity index is 190. The number of aliphatic imine (C=N–C) groups is 1. The number of allylic oxidation sites excluding steroid dienone is 2. The summed E-state index contributed by atoms with van der Waals surface area (Å²) in [5, 5.41) is 0. The third-order valence-electron chi connectivity index (χ3n) is 1.75. The molecule has 0 radical (unpaired) electrons. The second-order valence-corrected chi connectivity index (χ2v) is 3.05. The van der Waals surface area contributed by atoms with Gasteiger partial charge in [0, 0.05) is 18.7 Å². The van der Waals surface area contributed by atoms with E-state index >= 15 is 0 Å². The number of hydrogen-bond donors (Lipinski definition) is 0. The molecule has 0 amide bonds. The molecule has 0 bridgehead atoms. The molecule has 0 spiro atoms. The van der Waals surface area contributed by atoms with Crippen LogP contribution in [-0.2, 0) is 0 Å². The summed E-state index contributed by atoms with van der Waals surface area (Å²) in [6.45, 7) is 10.2. The molecule has 2 nitrogen and oxygen atoms in total. The molecule has 0 aromatic heterocycles. The van der Waals surface area contributed by atoms with Crippen LogP contribution in [-0.4, -0.2) is 32.3 Å². The third kappa shape index (κ3) is 4.09. The lowest BCUT2D eigenvalue weighted by Gasteiger charge is -2.10. The summed E-state index contributed by atoms with van der Waals surface area (Å²) in [7, 11) is 4.09. The van der Waals surface area contributed by atoms with Crippen LogP contribution in [0, 0.1) is 0 Å². The first kappa shape index (κ1) is 11.1. The molecular formula is C10H18N2. The first-order chi connectivity index (χ1) is 5.61. The minimum absolute atomic E-state index is 0.939. The van der Waals surface area contributed by atoms with Crippen LogP contribution in [0.3, 0.4) is 0 Å². The Kier molecular flexibility index (Phi) is 5.30. The van der Waals surface area contributed by atoms with Crippen molar-refractivity contribution in [3.05, 3.63) is 23.9 Å². The predicted molar refractivity (Wildman–Crippen MR) is 55.6 cm³/mol. The summed E-state index contributed by atoms with van der Waals surface area (Å²) < 4.78 is 0. The molecular weight excluding hydrogens is 148 g/mol. The van der Waals surface area contributed by atoms with Crippen LogP contribution in [0.4, 0.5) is 0 Å². The lowest BCUT2D eigenvalue weighted by Crippen LogP contribution is -2.13. The molecule has 0 saturated carbocycles. The van der Waals surface area contributed by atoms with Gasteiger partial charge in [0.2, 0.25) is 0 Å². The molecule has 0 aliphatic rings. The first-order valence-corrected chi connectivity index (χ1v) is 4.05. The standard InChI is InChI=1S/C10H18N2/c1-6-9(2)10(11-3)7-8-12(4)5/h6H,1,3,7-8H2,2,4-5H3/b10-9-. The molecule has 68 valence electrons. The van der Waals surface area contributed by atoms with Gasteiger partial charge < -0.3 is 4.90 Å². The monoisotopic (exact) mass is 166 g/mol. The van der Waals surface area contributed by atoms with Gasteiger partial charge in [0.05, 0.1) is 0 Å². The van der Waals surface area contributed by atoms with Crippen molar-refractivity contribution in [1.29, 1.82) is 0 Å². The van der Waals surface area contributed by atoms with Gasteiger partial charge in [0.1, 0.15) is 0 Å². The predicted octanol–water partition coefficient (Wildman–Crippen LogP) is 2.10. The second-order valence-electron chi connectivity index (χ2n) is 3.05. The fourth-order valence-corrected chi connectivity index (χ4v) is 0.848. The van der Waals surface area contributed by atoms with Crippen molar-refractivity contribution in [2.24, 2.45) is 4.99 Å². The van der Waals surface area contributed by atoms with Crippen molar-refractivity contribution in [2.75, 3.05) is 20.6 Å². The average Bonchev–Trinajstić information content (AvgIpc) is 2.04. The fourth-order valence-electron chi connectivity index (χ4n) is 0.848. The number of hydrogen-bond acceptors (Lipinski definition) is 2. The Hall–Kier alpha value is -0.890. The summed E-state index contributed by atoms with van der Waals surface area (Å²) in [5.41, 5.74) is 2.16. The topological polar surface area (TPSA) is 15.6 Å². The zero-order valence-electron chi connectivity index (χ0n) is 8.30. The van der Waals surface area contributed by atoms with E-state index in [4.69, 9.17) is 0 Å². The molecule has 2 heteroatoms. The Balaban J connectivity index is 4.18. The Morgan fingerprint density at radius 1 is 1.50 bits per heavy atom. The van der Waals surface area contributed by atoms with Gasteiger partial charge in [-0.2, -0.15) is 0 Å². The van der Waals surface area contributed by atoms with E-state index in [1.165, 1.54) is 0 Å². The van der Waals surface area contributed by atoms with E-state index in [1.54, 1.807) is 0 Å². The Morgan fingerprint density at radius 2 is 2.08 bits per heavy atom. The van der Waals surface area contributed by atoms with Crippen LogP contribution < -0.4 is 0 Å². The largest absolute Gasteiger partial charge is 0.309 e. The maximum atomic E-state index is 3.96. The van der Waals surface area contributed by atoms with E-state index in [-0.39, 0.29) is 0 Å². The number of nitrogens with zero attached hydrogens (tertiary/aromatic N) is 2. The highest BCUT2D eigenvalue weighted by molar-refractivity contribution is 5.33. The van der Waals surface area contributed by atoms with Crippen molar-refractivity contribution in [3.8, 4) is 0 Å². The molecule has 0 fully saturated rings. The zero-order valence-corrected chi connectivity index (χ0v) is 8.30. The highest BCUT2D eigenvalue weighted by Crippen LogP contribution is 2.10. The quantitative estimate of drug-likeness (QED) is 0.451. The molecule has 0 aliphatic carbocycles. The average molecular weight is 166 g/mol. The third-order valence-corrected chi connectivity index (χ3v) is 1.75. The minimum atomic E-state index is 0.939. The van der Waals surface area contributed by atoms with Gasteiger partial charge in [-0.25, -0.2) is 0 Å². The maximum absolute atomic E-state index is 3.96. The summed E-state index contributed by atoms with van der Waals surface area (Å²) >= 11 is 0. The molecule has 0 unspecified atom stereocenters. The molecule has 0 aromatic carbocycles. The summed E-state index contributed by atoms with van der Waals surface area (Å²) in [5.74, 6) is 0. The first-order valence-electron chi connectivity index (χ1n) is 4.05. The van der Waals surface area contributed by atoms with E-state index < -0.39 is 0 Å². The molecule has 0 saturated heterocycles. The van der Waals surface area contributed by atoms with Gasteiger partial charge >= 0.3 is 0 Å². The summed E-state index contributed by atoms with van der Waals surface area (Å²) in [4.78, 5) is 6.09. The van der Waals surface area contributed by atoms with Crippen LogP contribution in [0.15, 0.2) is 28.9 Å². The molecule has 12 heavy (non-hydrogen) atoms. The Labute approximate surface area is 75.3 Å². The molecule has 0 N–H and O–H groups in total. The fraction of sp³-hybridized carbons (Fsp3) is 0.500. The molecule has 0 aliphatic heterocycles. The van der Waals surface area contributed by atoms with E-state index in [0.717, 1.165) is 24.2 Å². The SMILES string of the molecule is C=C/C(C)=C(/CCN(C)C)N=C. The van der Waals surface area contributed by atoms with E-state index in [0.29, 0.717) is 0 Å².